The zero-order valence-electron chi connectivity index (χ0n) is 7.75. The first-order valence-corrected chi connectivity index (χ1v) is 7.35. The smallest absolute Gasteiger partial charge is 0.211 e. The Bertz CT molecular complexity index is 496. The molecule has 0 radical (unpaired) electrons. The van der Waals surface area contributed by atoms with Gasteiger partial charge in [-0.25, -0.2) is 8.60 Å². The maximum atomic E-state index is 12.7. The van der Waals surface area contributed by atoms with Crippen LogP contribution in [0.1, 0.15) is 5.76 Å². The molecular formula is C9H6Cl3FO2S. The summed E-state index contributed by atoms with van der Waals surface area (Å²) in [4.78, 5) is 0. The van der Waals surface area contributed by atoms with Crippen molar-refractivity contribution in [2.24, 2.45) is 0 Å². The maximum absolute atomic E-state index is 12.7. The summed E-state index contributed by atoms with van der Waals surface area (Å²) in [7, 11) is 7.36. The van der Waals surface area contributed by atoms with Crippen LogP contribution >= 0.6 is 33.0 Å². The van der Waals surface area contributed by atoms with Crippen molar-refractivity contribution in [2.45, 2.75) is 5.88 Å². The van der Waals surface area contributed by atoms with Gasteiger partial charge < -0.3 is 4.42 Å². The van der Waals surface area contributed by atoms with E-state index in [9.17, 15) is 4.39 Å². The summed E-state index contributed by atoms with van der Waals surface area (Å²) in [5.74, 6) is 0.720. The third-order valence-corrected chi connectivity index (χ3v) is 1.92. The molecule has 0 unspecified atom stereocenters. The number of halogens is 4. The molecule has 0 saturated carbocycles. The molecule has 1 aromatic carbocycles. The fraction of sp³-hybridized carbons (Fsp3) is 0.111. The Labute approximate surface area is 108 Å². The van der Waals surface area contributed by atoms with E-state index in [0.717, 1.165) is 5.39 Å². The van der Waals surface area contributed by atoms with Crippen molar-refractivity contribution in [3.05, 3.63) is 35.8 Å². The lowest BCUT2D eigenvalue weighted by atomic mass is 10.2. The topological polar surface area (TPSA) is 30.2 Å². The van der Waals surface area contributed by atoms with Crippen LogP contribution in [0.4, 0.5) is 4.39 Å². The number of furan rings is 1. The molecular weight excluding hydrogens is 298 g/mol. The third kappa shape index (κ3) is 4.29. The first-order chi connectivity index (χ1) is 7.52. The Morgan fingerprint density at radius 3 is 2.50 bits per heavy atom. The fourth-order valence-electron chi connectivity index (χ4n) is 1.14. The normalized spacial score (nSPS) is 10.3. The average molecular weight is 304 g/mol. The van der Waals surface area contributed by atoms with Crippen molar-refractivity contribution in [1.29, 1.82) is 0 Å². The highest BCUT2D eigenvalue weighted by Crippen LogP contribution is 2.21. The Balaban J connectivity index is 0.000000280. The predicted molar refractivity (Wildman–Crippen MR) is 65.6 cm³/mol. The number of benzene rings is 1. The van der Waals surface area contributed by atoms with Gasteiger partial charge in [0.1, 0.15) is 17.2 Å². The number of fused-ring (bicyclic) bond motifs is 1. The molecule has 1 aromatic heterocycles. The van der Waals surface area contributed by atoms with Gasteiger partial charge in [0.15, 0.2) is 0 Å². The fourth-order valence-corrected chi connectivity index (χ4v) is 1.27. The summed E-state index contributed by atoms with van der Waals surface area (Å²) in [6, 6.07) is 6.13. The molecule has 0 spiro atoms. The van der Waals surface area contributed by atoms with E-state index in [1.165, 1.54) is 12.1 Å². The van der Waals surface area contributed by atoms with E-state index >= 15 is 0 Å². The molecule has 0 aliphatic heterocycles. The summed E-state index contributed by atoms with van der Waals surface area (Å²) in [6.07, 6.45) is 0. The van der Waals surface area contributed by atoms with Gasteiger partial charge in [-0.2, -0.15) is 0 Å². The Hall–Kier alpha value is -0.290. The van der Waals surface area contributed by atoms with Crippen LogP contribution < -0.4 is 0 Å². The lowest BCUT2D eigenvalue weighted by Crippen LogP contribution is -1.68. The van der Waals surface area contributed by atoms with Gasteiger partial charge in [0.05, 0.1) is 5.88 Å². The minimum absolute atomic E-state index is 0.260. The average Bonchev–Trinajstić information content (AvgIpc) is 2.58. The number of hydrogen-bond acceptors (Lipinski definition) is 2. The van der Waals surface area contributed by atoms with Crippen molar-refractivity contribution in [3.8, 4) is 0 Å². The van der Waals surface area contributed by atoms with Gasteiger partial charge in [-0.3, -0.25) is 0 Å². The van der Waals surface area contributed by atoms with Crippen LogP contribution in [-0.4, -0.2) is 4.21 Å². The van der Waals surface area contributed by atoms with Gasteiger partial charge in [-0.15, -0.1) is 11.6 Å². The molecule has 0 amide bonds. The molecule has 2 rings (SSSR count). The molecule has 7 heteroatoms. The minimum Gasteiger partial charge on any atom is -0.460 e. The van der Waals surface area contributed by atoms with Crippen LogP contribution in [0.15, 0.2) is 28.7 Å². The largest absolute Gasteiger partial charge is 0.460 e. The van der Waals surface area contributed by atoms with Crippen molar-refractivity contribution >= 4 is 53.2 Å². The van der Waals surface area contributed by atoms with Gasteiger partial charge in [-0.1, -0.05) is 0 Å². The molecule has 16 heavy (non-hydrogen) atoms. The number of rotatable bonds is 1. The summed E-state index contributed by atoms with van der Waals surface area (Å²) < 4.78 is 27.0. The summed E-state index contributed by atoms with van der Waals surface area (Å²) in [5, 5.41) is 0.755. The van der Waals surface area contributed by atoms with E-state index in [1.807, 2.05) is 0 Å². The van der Waals surface area contributed by atoms with E-state index in [-0.39, 0.29) is 5.82 Å². The summed E-state index contributed by atoms with van der Waals surface area (Å²) in [5.41, 5.74) is 0.673. The quantitative estimate of drug-likeness (QED) is 0.579. The monoisotopic (exact) mass is 302 g/mol. The highest BCUT2D eigenvalue weighted by atomic mass is 36.0. The lowest BCUT2D eigenvalue weighted by molar-refractivity contribution is 0.571. The summed E-state index contributed by atoms with van der Waals surface area (Å²) in [6.45, 7) is 0. The molecule has 0 aliphatic carbocycles. The van der Waals surface area contributed by atoms with Crippen molar-refractivity contribution < 1.29 is 13.0 Å². The second-order valence-electron chi connectivity index (χ2n) is 2.71. The Kier molecular flexibility index (Phi) is 5.55. The molecule has 0 aliphatic rings. The van der Waals surface area contributed by atoms with Crippen LogP contribution in [0.25, 0.3) is 11.0 Å². The van der Waals surface area contributed by atoms with E-state index in [4.69, 9.17) is 20.2 Å². The Morgan fingerprint density at radius 1 is 1.31 bits per heavy atom. The zero-order chi connectivity index (χ0) is 12.1. The van der Waals surface area contributed by atoms with E-state index in [0.29, 0.717) is 17.2 Å². The maximum Gasteiger partial charge on any atom is 0.211 e. The SMILES string of the molecule is Fc1ccc2oc(CCl)cc2c1.O=S(Cl)Cl. The molecule has 0 bridgehead atoms. The van der Waals surface area contributed by atoms with Crippen molar-refractivity contribution in [2.75, 3.05) is 0 Å². The molecule has 0 saturated heterocycles. The van der Waals surface area contributed by atoms with E-state index in [1.54, 1.807) is 12.1 Å². The van der Waals surface area contributed by atoms with E-state index in [2.05, 4.69) is 21.4 Å². The number of alkyl halides is 1. The van der Waals surface area contributed by atoms with Gasteiger partial charge >= 0.3 is 0 Å². The van der Waals surface area contributed by atoms with Crippen LogP contribution in [0.5, 0.6) is 0 Å². The van der Waals surface area contributed by atoms with Crippen molar-refractivity contribution in [1.82, 2.24) is 0 Å². The van der Waals surface area contributed by atoms with Crippen LogP contribution in [-0.2, 0) is 15.1 Å². The Morgan fingerprint density at radius 2 is 1.94 bits per heavy atom. The molecule has 0 fully saturated rings. The highest BCUT2D eigenvalue weighted by Gasteiger charge is 2.02. The van der Waals surface area contributed by atoms with Crippen LogP contribution in [0.2, 0.25) is 0 Å². The van der Waals surface area contributed by atoms with Gasteiger partial charge in [0.2, 0.25) is 9.23 Å². The van der Waals surface area contributed by atoms with Crippen LogP contribution in [0, 0.1) is 5.82 Å². The first-order valence-electron chi connectivity index (χ1n) is 4.01. The molecule has 2 aromatic rings. The van der Waals surface area contributed by atoms with Gasteiger partial charge in [0.25, 0.3) is 0 Å². The van der Waals surface area contributed by atoms with Gasteiger partial charge in [-0.05, 0) is 24.3 Å². The third-order valence-electron chi connectivity index (χ3n) is 1.66. The second-order valence-corrected chi connectivity index (χ2v) is 5.50. The van der Waals surface area contributed by atoms with Crippen LogP contribution in [0.3, 0.4) is 0 Å². The predicted octanol–water partition coefficient (Wildman–Crippen LogP) is 4.35. The first kappa shape index (κ1) is 13.8. The molecule has 0 N–H and O–H groups in total. The molecule has 88 valence electrons. The zero-order valence-corrected chi connectivity index (χ0v) is 10.8. The standard InChI is InChI=1S/C9H6ClFO.Cl2OS/c10-5-8-4-6-3-7(11)1-2-9(6)12-8;1-4(2)3/h1-4H,5H2;. The molecule has 2 nitrogen and oxygen atoms in total. The second kappa shape index (κ2) is 6.45. The lowest BCUT2D eigenvalue weighted by Gasteiger charge is -1.86. The molecule has 1 heterocycles. The van der Waals surface area contributed by atoms with E-state index < -0.39 is 9.23 Å². The minimum atomic E-state index is -1.67. The highest BCUT2D eigenvalue weighted by molar-refractivity contribution is 8.26. The van der Waals surface area contributed by atoms with Crippen molar-refractivity contribution in [3.63, 3.8) is 0 Å². The molecule has 0 atom stereocenters. The van der Waals surface area contributed by atoms with Gasteiger partial charge in [0, 0.05) is 26.8 Å². The summed E-state index contributed by atoms with van der Waals surface area (Å²) >= 11 is 5.55. The number of hydrogen-bond donors (Lipinski definition) is 0.